The van der Waals surface area contributed by atoms with Crippen LogP contribution in [0.3, 0.4) is 0 Å². The lowest BCUT2D eigenvalue weighted by Crippen LogP contribution is -2.50. The minimum atomic E-state index is -0.175. The maximum atomic E-state index is 12.5. The lowest BCUT2D eigenvalue weighted by Gasteiger charge is -2.37. The summed E-state index contributed by atoms with van der Waals surface area (Å²) in [4.78, 5) is 26.0. The number of aromatic nitrogens is 3. The number of carbonyl (C=O) groups excluding carboxylic acids is 1. The van der Waals surface area contributed by atoms with Crippen molar-refractivity contribution in [1.29, 1.82) is 0 Å². The Morgan fingerprint density at radius 1 is 1.43 bits per heavy atom. The summed E-state index contributed by atoms with van der Waals surface area (Å²) >= 11 is 0. The van der Waals surface area contributed by atoms with E-state index < -0.39 is 0 Å². The number of hydrogen-bond donors (Lipinski definition) is 0. The van der Waals surface area contributed by atoms with Gasteiger partial charge in [-0.3, -0.25) is 19.1 Å². The average molecular weight is 318 g/mol. The van der Waals surface area contributed by atoms with Crippen molar-refractivity contribution in [3.05, 3.63) is 34.0 Å². The van der Waals surface area contributed by atoms with Gasteiger partial charge in [0, 0.05) is 26.3 Å². The van der Waals surface area contributed by atoms with Gasteiger partial charge in [0.05, 0.1) is 19.6 Å². The average Bonchev–Trinajstić information content (AvgIpc) is 2.91. The molecule has 2 aromatic rings. The molecule has 0 N–H and O–H groups in total. The van der Waals surface area contributed by atoms with Gasteiger partial charge in [-0.25, -0.2) is 4.52 Å². The number of nitrogens with zero attached hydrogens (tertiary/aromatic N) is 4. The minimum Gasteiger partial charge on any atom is -0.469 e. The number of methoxy groups -OCH3 is 1. The summed E-state index contributed by atoms with van der Waals surface area (Å²) in [6.07, 6.45) is 1.91. The van der Waals surface area contributed by atoms with Crippen molar-refractivity contribution in [1.82, 2.24) is 19.1 Å². The van der Waals surface area contributed by atoms with E-state index in [0.29, 0.717) is 36.9 Å². The van der Waals surface area contributed by atoms with Gasteiger partial charge in [0.25, 0.3) is 5.56 Å². The highest BCUT2D eigenvalue weighted by Crippen LogP contribution is 2.19. The molecule has 124 valence electrons. The fourth-order valence-electron chi connectivity index (χ4n) is 2.86. The predicted octanol–water partition coefficient (Wildman–Crippen LogP) is 0.761. The summed E-state index contributed by atoms with van der Waals surface area (Å²) in [6.45, 7) is 6.01. The van der Waals surface area contributed by atoms with Crippen molar-refractivity contribution in [2.75, 3.05) is 20.2 Å². The van der Waals surface area contributed by atoms with Crippen molar-refractivity contribution < 1.29 is 9.53 Å². The summed E-state index contributed by atoms with van der Waals surface area (Å²) in [7, 11) is 3.15. The lowest BCUT2D eigenvalue weighted by atomic mass is 10.0. The molecule has 0 unspecified atom stereocenters. The van der Waals surface area contributed by atoms with E-state index in [-0.39, 0.29) is 17.4 Å². The molecule has 0 atom stereocenters. The highest BCUT2D eigenvalue weighted by molar-refractivity contribution is 5.73. The number of ether oxygens (including phenoxy) is 1. The van der Waals surface area contributed by atoms with Crippen LogP contribution >= 0.6 is 0 Å². The number of likely N-dealkylation sites (tertiary alicyclic amines) is 1. The van der Waals surface area contributed by atoms with Gasteiger partial charge in [0.15, 0.2) is 0 Å². The topological polar surface area (TPSA) is 68.8 Å². The first-order valence-corrected chi connectivity index (χ1v) is 7.79. The maximum Gasteiger partial charge on any atom is 0.311 e. The maximum absolute atomic E-state index is 12.5. The van der Waals surface area contributed by atoms with Crippen LogP contribution in [0.4, 0.5) is 0 Å². The van der Waals surface area contributed by atoms with Crippen LogP contribution in [0, 0.1) is 5.92 Å². The molecule has 0 aliphatic carbocycles. The van der Waals surface area contributed by atoms with Crippen molar-refractivity contribution in [3.63, 3.8) is 0 Å². The summed E-state index contributed by atoms with van der Waals surface area (Å²) in [5.41, 5.74) is 1.64. The Morgan fingerprint density at radius 3 is 2.74 bits per heavy atom. The molecule has 7 nitrogen and oxygen atoms in total. The molecule has 3 heterocycles. The predicted molar refractivity (Wildman–Crippen MR) is 85.3 cm³/mol. The smallest absolute Gasteiger partial charge is 0.311 e. The normalized spacial score (nSPS) is 16.0. The minimum absolute atomic E-state index is 0.0491. The molecule has 2 aromatic heterocycles. The summed E-state index contributed by atoms with van der Waals surface area (Å²) in [5.74, 6) is 0.795. The van der Waals surface area contributed by atoms with Gasteiger partial charge >= 0.3 is 5.97 Å². The standard InChI is InChI=1S/C16H22N4O3/c1-10(2)11-5-13-15(21)18(3)14(17-20(13)8-11)9-19-6-12(7-19)16(22)23-4/h5,8,10,12H,6-7,9H2,1-4H3. The van der Waals surface area contributed by atoms with E-state index in [0.717, 1.165) is 5.56 Å². The van der Waals surface area contributed by atoms with Crippen LogP contribution in [0.2, 0.25) is 0 Å². The van der Waals surface area contributed by atoms with E-state index >= 15 is 0 Å². The van der Waals surface area contributed by atoms with E-state index in [4.69, 9.17) is 4.74 Å². The molecule has 1 aliphatic rings. The zero-order valence-corrected chi connectivity index (χ0v) is 13.9. The largest absolute Gasteiger partial charge is 0.469 e. The van der Waals surface area contributed by atoms with Crippen molar-refractivity contribution in [2.45, 2.75) is 26.3 Å². The molecule has 0 aromatic carbocycles. The number of rotatable bonds is 4. The van der Waals surface area contributed by atoms with Crippen LogP contribution in [-0.4, -0.2) is 45.2 Å². The zero-order valence-electron chi connectivity index (χ0n) is 13.9. The number of fused-ring (bicyclic) bond motifs is 1. The third kappa shape index (κ3) is 2.76. The molecular formula is C16H22N4O3. The molecular weight excluding hydrogens is 296 g/mol. The van der Waals surface area contributed by atoms with Crippen LogP contribution in [-0.2, 0) is 23.1 Å². The Balaban J connectivity index is 1.83. The van der Waals surface area contributed by atoms with Crippen molar-refractivity contribution in [2.24, 2.45) is 13.0 Å². The highest BCUT2D eigenvalue weighted by atomic mass is 16.5. The lowest BCUT2D eigenvalue weighted by molar-refractivity contribution is -0.151. The van der Waals surface area contributed by atoms with Gasteiger partial charge in [-0.1, -0.05) is 13.8 Å². The van der Waals surface area contributed by atoms with Crippen molar-refractivity contribution in [3.8, 4) is 0 Å². The van der Waals surface area contributed by atoms with Gasteiger partial charge < -0.3 is 4.74 Å². The van der Waals surface area contributed by atoms with Gasteiger partial charge in [-0.2, -0.15) is 5.10 Å². The highest BCUT2D eigenvalue weighted by Gasteiger charge is 2.34. The third-order valence-electron chi connectivity index (χ3n) is 4.48. The fraction of sp³-hybridized carbons (Fsp3) is 0.562. The fourth-order valence-corrected chi connectivity index (χ4v) is 2.86. The molecule has 0 bridgehead atoms. The van der Waals surface area contributed by atoms with Crippen LogP contribution in [0.1, 0.15) is 31.2 Å². The van der Waals surface area contributed by atoms with Gasteiger partial charge in [-0.15, -0.1) is 0 Å². The van der Waals surface area contributed by atoms with Crippen LogP contribution < -0.4 is 5.56 Å². The molecule has 0 radical (unpaired) electrons. The quantitative estimate of drug-likeness (QED) is 0.779. The van der Waals surface area contributed by atoms with E-state index in [1.165, 1.54) is 7.11 Å². The molecule has 23 heavy (non-hydrogen) atoms. The van der Waals surface area contributed by atoms with Gasteiger partial charge in [0.1, 0.15) is 11.3 Å². The second-order valence-corrected chi connectivity index (χ2v) is 6.45. The van der Waals surface area contributed by atoms with E-state index in [9.17, 15) is 9.59 Å². The van der Waals surface area contributed by atoms with Crippen LogP contribution in [0.25, 0.3) is 5.52 Å². The Labute approximate surface area is 134 Å². The van der Waals surface area contributed by atoms with E-state index in [1.54, 1.807) is 16.1 Å². The Hall–Kier alpha value is -2.15. The first kappa shape index (κ1) is 15.7. The Bertz CT molecular complexity index is 799. The monoisotopic (exact) mass is 318 g/mol. The van der Waals surface area contributed by atoms with Gasteiger partial charge in [-0.05, 0) is 17.5 Å². The number of hydrogen-bond acceptors (Lipinski definition) is 5. The molecule has 0 saturated carbocycles. The molecule has 1 fully saturated rings. The number of carbonyl (C=O) groups is 1. The molecule has 1 aliphatic heterocycles. The van der Waals surface area contributed by atoms with Crippen LogP contribution in [0.15, 0.2) is 17.1 Å². The summed E-state index contributed by atoms with van der Waals surface area (Å²) < 4.78 is 8.00. The molecule has 7 heteroatoms. The number of esters is 1. The van der Waals surface area contributed by atoms with E-state index in [1.807, 2.05) is 12.3 Å². The zero-order chi connectivity index (χ0) is 16.7. The summed E-state index contributed by atoms with van der Waals surface area (Å²) in [5, 5.41) is 4.57. The molecule has 1 saturated heterocycles. The van der Waals surface area contributed by atoms with Gasteiger partial charge in [0.2, 0.25) is 0 Å². The molecule has 3 rings (SSSR count). The van der Waals surface area contributed by atoms with Crippen molar-refractivity contribution >= 4 is 11.5 Å². The first-order chi connectivity index (χ1) is 10.9. The molecule has 0 amide bonds. The third-order valence-corrected chi connectivity index (χ3v) is 4.48. The SMILES string of the molecule is COC(=O)C1CN(Cc2nn3cc(C(C)C)cc3c(=O)n2C)C1. The molecule has 0 spiro atoms. The Kier molecular flexibility index (Phi) is 3.97. The summed E-state index contributed by atoms with van der Waals surface area (Å²) in [6, 6.07) is 1.90. The second kappa shape index (κ2) is 5.81. The first-order valence-electron chi connectivity index (χ1n) is 7.79. The van der Waals surface area contributed by atoms with E-state index in [2.05, 4.69) is 23.8 Å². The second-order valence-electron chi connectivity index (χ2n) is 6.45. The van der Waals surface area contributed by atoms with Crippen LogP contribution in [0.5, 0.6) is 0 Å². The Morgan fingerprint density at radius 2 is 2.13 bits per heavy atom.